The van der Waals surface area contributed by atoms with Crippen LogP contribution in [0.2, 0.25) is 0 Å². The van der Waals surface area contributed by atoms with Crippen molar-refractivity contribution in [3.05, 3.63) is 65.5 Å². The highest BCUT2D eigenvalue weighted by Gasteiger charge is 2.15. The predicted molar refractivity (Wildman–Crippen MR) is 79.4 cm³/mol. The Morgan fingerprint density at radius 1 is 1.11 bits per heavy atom. The van der Waals surface area contributed by atoms with Gasteiger partial charge in [-0.05, 0) is 36.6 Å². The number of nitrogens with one attached hydrogen (secondary N) is 1. The summed E-state index contributed by atoms with van der Waals surface area (Å²) in [5.74, 6) is 1.41. The molecule has 0 aliphatic rings. The molecule has 19 heavy (non-hydrogen) atoms. The summed E-state index contributed by atoms with van der Waals surface area (Å²) in [4.78, 5) is 8.22. The molecule has 1 N–H and O–H groups in total. The molecule has 1 atom stereocenters. The lowest BCUT2D eigenvalue weighted by Gasteiger charge is -2.12. The molecule has 0 saturated carbocycles. The van der Waals surface area contributed by atoms with Crippen LogP contribution < -0.4 is 0 Å². The third kappa shape index (κ3) is 2.26. The van der Waals surface area contributed by atoms with Gasteiger partial charge < -0.3 is 4.98 Å². The van der Waals surface area contributed by atoms with Gasteiger partial charge in [-0.15, -0.1) is 0 Å². The van der Waals surface area contributed by atoms with E-state index in [1.54, 1.807) is 0 Å². The van der Waals surface area contributed by atoms with E-state index in [2.05, 4.69) is 67.4 Å². The van der Waals surface area contributed by atoms with Crippen molar-refractivity contribution in [2.45, 2.75) is 26.2 Å². The van der Waals surface area contributed by atoms with Gasteiger partial charge >= 0.3 is 0 Å². The number of benzene rings is 2. The minimum absolute atomic E-state index is 0.342. The first-order valence-electron chi connectivity index (χ1n) is 6.79. The third-order valence-electron chi connectivity index (χ3n) is 3.60. The summed E-state index contributed by atoms with van der Waals surface area (Å²) in [6.07, 6.45) is 1.04. The minimum Gasteiger partial charge on any atom is -0.341 e. The molecular weight excluding hydrogens is 232 g/mol. The number of H-pyrrole nitrogens is 1. The van der Waals surface area contributed by atoms with Gasteiger partial charge in [0.25, 0.3) is 0 Å². The number of nitrogens with zero attached hydrogens (tertiary/aromatic N) is 1. The summed E-state index contributed by atoms with van der Waals surface area (Å²) in [5.41, 5.74) is 4.76. The lowest BCUT2D eigenvalue weighted by atomic mass is 9.96. The Labute approximate surface area is 113 Å². The fourth-order valence-corrected chi connectivity index (χ4v) is 2.58. The van der Waals surface area contributed by atoms with Crippen molar-refractivity contribution in [1.29, 1.82) is 0 Å². The molecule has 96 valence electrons. The first-order chi connectivity index (χ1) is 9.28. The van der Waals surface area contributed by atoms with Crippen molar-refractivity contribution in [2.75, 3.05) is 0 Å². The van der Waals surface area contributed by atoms with Gasteiger partial charge in [0.1, 0.15) is 5.82 Å². The van der Waals surface area contributed by atoms with Crippen molar-refractivity contribution in [1.82, 2.24) is 9.97 Å². The summed E-state index contributed by atoms with van der Waals surface area (Å²) in [5, 5.41) is 0. The van der Waals surface area contributed by atoms with Gasteiger partial charge in [0.2, 0.25) is 0 Å². The molecule has 0 saturated heterocycles. The Morgan fingerprint density at radius 3 is 2.63 bits per heavy atom. The van der Waals surface area contributed by atoms with Crippen molar-refractivity contribution in [3.8, 4) is 0 Å². The van der Waals surface area contributed by atoms with Gasteiger partial charge in [0.15, 0.2) is 0 Å². The average molecular weight is 250 g/mol. The summed E-state index contributed by atoms with van der Waals surface area (Å²) in [7, 11) is 0. The number of fused-ring (bicyclic) bond motifs is 1. The van der Waals surface area contributed by atoms with Crippen LogP contribution in [-0.2, 0) is 0 Å². The highest BCUT2D eigenvalue weighted by atomic mass is 14.9. The topological polar surface area (TPSA) is 28.7 Å². The van der Waals surface area contributed by atoms with Crippen LogP contribution in [0, 0.1) is 6.92 Å². The van der Waals surface area contributed by atoms with Crippen LogP contribution in [0.1, 0.15) is 36.2 Å². The van der Waals surface area contributed by atoms with Crippen LogP contribution in [0.3, 0.4) is 0 Å². The van der Waals surface area contributed by atoms with Crippen molar-refractivity contribution >= 4 is 11.0 Å². The van der Waals surface area contributed by atoms with Gasteiger partial charge in [-0.2, -0.15) is 0 Å². The summed E-state index contributed by atoms with van der Waals surface area (Å²) < 4.78 is 0. The summed E-state index contributed by atoms with van der Waals surface area (Å²) >= 11 is 0. The Kier molecular flexibility index (Phi) is 3.08. The van der Waals surface area contributed by atoms with Gasteiger partial charge in [0, 0.05) is 5.92 Å². The first kappa shape index (κ1) is 12.0. The maximum Gasteiger partial charge on any atom is 0.114 e. The number of hydrogen-bond acceptors (Lipinski definition) is 1. The number of aryl methyl sites for hydroxylation is 1. The minimum atomic E-state index is 0.342. The molecule has 3 rings (SSSR count). The van der Waals surface area contributed by atoms with E-state index in [1.165, 1.54) is 11.1 Å². The summed E-state index contributed by atoms with van der Waals surface area (Å²) in [6, 6.07) is 16.9. The number of aromatic amines is 1. The van der Waals surface area contributed by atoms with Crippen LogP contribution in [0.25, 0.3) is 11.0 Å². The van der Waals surface area contributed by atoms with Gasteiger partial charge in [-0.25, -0.2) is 4.98 Å². The molecule has 2 nitrogen and oxygen atoms in total. The second-order valence-electron chi connectivity index (χ2n) is 5.01. The molecule has 0 bridgehead atoms. The Balaban J connectivity index is 2.07. The van der Waals surface area contributed by atoms with Crippen LogP contribution in [0.4, 0.5) is 0 Å². The highest BCUT2D eigenvalue weighted by molar-refractivity contribution is 5.76. The normalized spacial score (nSPS) is 12.7. The van der Waals surface area contributed by atoms with Crippen LogP contribution in [0.5, 0.6) is 0 Å². The Bertz CT molecular complexity index is 683. The molecule has 2 aromatic carbocycles. The van der Waals surface area contributed by atoms with E-state index >= 15 is 0 Å². The first-order valence-corrected chi connectivity index (χ1v) is 6.79. The van der Waals surface area contributed by atoms with Crippen molar-refractivity contribution in [3.63, 3.8) is 0 Å². The average Bonchev–Trinajstić information content (AvgIpc) is 2.83. The van der Waals surface area contributed by atoms with Gasteiger partial charge in [-0.1, -0.05) is 43.3 Å². The molecule has 0 spiro atoms. The second kappa shape index (κ2) is 4.88. The van der Waals surface area contributed by atoms with E-state index in [0.717, 1.165) is 23.3 Å². The molecule has 0 amide bonds. The fraction of sp³-hybridized carbons (Fsp3) is 0.235. The Morgan fingerprint density at radius 2 is 1.89 bits per heavy atom. The monoisotopic (exact) mass is 250 g/mol. The van der Waals surface area contributed by atoms with Gasteiger partial charge in [0.05, 0.1) is 11.0 Å². The number of rotatable bonds is 3. The summed E-state index contributed by atoms with van der Waals surface area (Å²) in [6.45, 7) is 4.31. The quantitative estimate of drug-likeness (QED) is 0.732. The van der Waals surface area contributed by atoms with E-state index in [1.807, 2.05) is 0 Å². The molecule has 1 unspecified atom stereocenters. The van der Waals surface area contributed by atoms with Crippen LogP contribution in [0.15, 0.2) is 48.5 Å². The molecule has 0 fully saturated rings. The fourth-order valence-electron chi connectivity index (χ4n) is 2.58. The molecule has 3 aromatic rings. The molecule has 2 heteroatoms. The van der Waals surface area contributed by atoms with E-state index in [4.69, 9.17) is 4.98 Å². The van der Waals surface area contributed by atoms with Crippen LogP contribution in [-0.4, -0.2) is 9.97 Å². The van der Waals surface area contributed by atoms with Gasteiger partial charge in [-0.3, -0.25) is 0 Å². The van der Waals surface area contributed by atoms with E-state index in [-0.39, 0.29) is 0 Å². The lowest BCUT2D eigenvalue weighted by Crippen LogP contribution is -2.01. The highest BCUT2D eigenvalue weighted by Crippen LogP contribution is 2.27. The largest absolute Gasteiger partial charge is 0.341 e. The SMILES string of the molecule is CCC(c1ccccc1)c1nc2ccc(C)cc2[nH]1. The lowest BCUT2D eigenvalue weighted by molar-refractivity contribution is 0.732. The number of imidazole rings is 1. The third-order valence-corrected chi connectivity index (χ3v) is 3.60. The zero-order chi connectivity index (χ0) is 13.2. The molecular formula is C17H18N2. The van der Waals surface area contributed by atoms with E-state index < -0.39 is 0 Å². The second-order valence-corrected chi connectivity index (χ2v) is 5.01. The molecule has 0 aliphatic carbocycles. The number of hydrogen-bond donors (Lipinski definition) is 1. The molecule has 1 heterocycles. The maximum atomic E-state index is 4.75. The van der Waals surface area contributed by atoms with Crippen molar-refractivity contribution < 1.29 is 0 Å². The smallest absolute Gasteiger partial charge is 0.114 e. The number of aromatic nitrogens is 2. The standard InChI is InChI=1S/C17H18N2/c1-3-14(13-7-5-4-6-8-13)17-18-15-10-9-12(2)11-16(15)19-17/h4-11,14H,3H2,1-2H3,(H,18,19). The zero-order valence-electron chi connectivity index (χ0n) is 11.4. The molecule has 1 aromatic heterocycles. The molecule has 0 aliphatic heterocycles. The van der Waals surface area contributed by atoms with E-state index in [9.17, 15) is 0 Å². The van der Waals surface area contributed by atoms with Crippen LogP contribution >= 0.6 is 0 Å². The zero-order valence-corrected chi connectivity index (χ0v) is 11.4. The molecule has 0 radical (unpaired) electrons. The maximum absolute atomic E-state index is 4.75. The Hall–Kier alpha value is -2.09. The van der Waals surface area contributed by atoms with E-state index in [0.29, 0.717) is 5.92 Å². The predicted octanol–water partition coefficient (Wildman–Crippen LogP) is 4.41. The van der Waals surface area contributed by atoms with Crippen molar-refractivity contribution in [2.24, 2.45) is 0 Å².